The van der Waals surface area contributed by atoms with Crippen LogP contribution < -0.4 is 5.32 Å². The van der Waals surface area contributed by atoms with Gasteiger partial charge in [0.15, 0.2) is 0 Å². The Kier molecular flexibility index (Phi) is 19.9. The van der Waals surface area contributed by atoms with Crippen LogP contribution in [0.15, 0.2) is 22.1 Å². The Morgan fingerprint density at radius 2 is 1.51 bits per heavy atom. The van der Waals surface area contributed by atoms with E-state index >= 15 is 0 Å². The third kappa shape index (κ3) is 20.3. The molecule has 0 aromatic carbocycles. The third-order valence-corrected chi connectivity index (χ3v) is 4.67. The van der Waals surface area contributed by atoms with Gasteiger partial charge in [0.1, 0.15) is 12.2 Å². The van der Waals surface area contributed by atoms with Gasteiger partial charge in [-0.1, -0.05) is 6.58 Å². The lowest BCUT2D eigenvalue weighted by Gasteiger charge is -2.16. The van der Waals surface area contributed by atoms with Crippen LogP contribution in [-0.4, -0.2) is 82.5 Å². The Bertz CT molecular complexity index is 718. The summed E-state index contributed by atoms with van der Waals surface area (Å²) in [6.07, 6.45) is 5.32. The van der Waals surface area contributed by atoms with Crippen molar-refractivity contribution < 1.29 is 38.1 Å². The molecule has 11 heteroatoms. The van der Waals surface area contributed by atoms with Gasteiger partial charge < -0.3 is 24.3 Å². The van der Waals surface area contributed by atoms with Gasteiger partial charge in [-0.3, -0.25) is 0 Å². The monoisotopic (exact) mass is 497 g/mol. The molecular formula is C24H39N3O8. The van der Waals surface area contributed by atoms with Crippen molar-refractivity contribution in [2.75, 3.05) is 46.1 Å². The van der Waals surface area contributed by atoms with E-state index in [9.17, 15) is 19.2 Å². The van der Waals surface area contributed by atoms with E-state index in [1.165, 1.54) is 12.2 Å². The molecule has 0 radical (unpaired) electrons. The largest absolute Gasteiger partial charge is 0.457 e. The average molecular weight is 498 g/mol. The van der Waals surface area contributed by atoms with Gasteiger partial charge in [-0.2, -0.15) is 0 Å². The highest BCUT2D eigenvalue weighted by Crippen LogP contribution is 2.14. The van der Waals surface area contributed by atoms with Crippen molar-refractivity contribution in [3.8, 4) is 0 Å². The lowest BCUT2D eigenvalue weighted by molar-refractivity contribution is -0.146. The number of rotatable bonds is 21. The van der Waals surface area contributed by atoms with E-state index in [1.54, 1.807) is 20.8 Å². The number of carbonyl (C=O) groups is 2. The van der Waals surface area contributed by atoms with Gasteiger partial charge in [-0.05, 0) is 58.8 Å². The normalized spacial score (nSPS) is 12.9. The standard InChI is InChI=1S/C24H39N3O8/c1-19(2)23(30)34-20(3)15-32-12-7-13-33-16-21(4)35-24(31)27-11-6-9-22(14-26-18-29)8-5-10-25-17-28/h20-22H,1,5-16H2,2-4H3,(H,27,31). The zero-order valence-corrected chi connectivity index (χ0v) is 21.1. The molecule has 0 saturated carbocycles. The maximum Gasteiger partial charge on any atom is 0.407 e. The molecule has 0 aliphatic rings. The lowest BCUT2D eigenvalue weighted by atomic mass is 9.97. The van der Waals surface area contributed by atoms with Crippen molar-refractivity contribution >= 4 is 24.2 Å². The van der Waals surface area contributed by atoms with Crippen LogP contribution in [0.25, 0.3) is 0 Å². The van der Waals surface area contributed by atoms with Crippen molar-refractivity contribution in [2.24, 2.45) is 15.9 Å². The van der Waals surface area contributed by atoms with E-state index in [1.807, 2.05) is 0 Å². The summed E-state index contributed by atoms with van der Waals surface area (Å²) in [7, 11) is 0. The molecule has 0 aliphatic carbocycles. The Balaban J connectivity index is 3.83. The highest BCUT2D eigenvalue weighted by molar-refractivity contribution is 5.87. The van der Waals surface area contributed by atoms with Crippen LogP contribution in [0.1, 0.15) is 52.9 Å². The Morgan fingerprint density at radius 1 is 0.914 bits per heavy atom. The molecule has 0 aromatic rings. The van der Waals surface area contributed by atoms with Crippen molar-refractivity contribution in [3.63, 3.8) is 0 Å². The summed E-state index contributed by atoms with van der Waals surface area (Å²) >= 11 is 0. The second-order valence-electron chi connectivity index (χ2n) is 8.20. The Morgan fingerprint density at radius 3 is 2.11 bits per heavy atom. The molecule has 0 fully saturated rings. The summed E-state index contributed by atoms with van der Waals surface area (Å²) in [6, 6.07) is 0. The van der Waals surface area contributed by atoms with Crippen LogP contribution in [-0.2, 0) is 33.3 Å². The number of carbonyl (C=O) groups excluding carboxylic acids is 4. The van der Waals surface area contributed by atoms with E-state index in [0.29, 0.717) is 64.3 Å². The first kappa shape index (κ1) is 32.2. The molecule has 35 heavy (non-hydrogen) atoms. The molecule has 0 spiro atoms. The Hall–Kier alpha value is -2.84. The second-order valence-corrected chi connectivity index (χ2v) is 8.20. The first-order valence-corrected chi connectivity index (χ1v) is 11.8. The predicted molar refractivity (Wildman–Crippen MR) is 129 cm³/mol. The van der Waals surface area contributed by atoms with Gasteiger partial charge in [0, 0.05) is 25.3 Å². The molecule has 3 unspecified atom stereocenters. The smallest absolute Gasteiger partial charge is 0.407 e. The summed E-state index contributed by atoms with van der Waals surface area (Å²) in [4.78, 5) is 50.9. The number of hydrogen-bond acceptors (Lipinski definition) is 10. The van der Waals surface area contributed by atoms with Gasteiger partial charge in [-0.25, -0.2) is 29.2 Å². The fourth-order valence-corrected chi connectivity index (χ4v) is 2.92. The van der Waals surface area contributed by atoms with E-state index in [0.717, 1.165) is 12.8 Å². The molecule has 11 nitrogen and oxygen atoms in total. The van der Waals surface area contributed by atoms with Gasteiger partial charge in [0.05, 0.1) is 26.3 Å². The van der Waals surface area contributed by atoms with Crippen LogP contribution >= 0.6 is 0 Å². The Labute approximate surface area is 207 Å². The summed E-state index contributed by atoms with van der Waals surface area (Å²) in [5, 5.41) is 2.69. The summed E-state index contributed by atoms with van der Waals surface area (Å²) < 4.78 is 21.3. The number of esters is 1. The minimum atomic E-state index is -0.523. The average Bonchev–Trinajstić information content (AvgIpc) is 2.81. The quantitative estimate of drug-likeness (QED) is 0.0839. The van der Waals surface area contributed by atoms with Gasteiger partial charge >= 0.3 is 12.1 Å². The van der Waals surface area contributed by atoms with Crippen LogP contribution in [0, 0.1) is 5.92 Å². The molecule has 3 atom stereocenters. The number of aliphatic imine (C=N–C) groups is 2. The SMILES string of the molecule is C=C(C)C(=O)OC(C)COCCCOCC(C)OC(=O)NCCCC(CCCN=C=O)CN=C=O. The van der Waals surface area contributed by atoms with E-state index in [-0.39, 0.29) is 18.6 Å². The maximum absolute atomic E-state index is 11.9. The number of isocyanates is 2. The molecule has 0 saturated heterocycles. The van der Waals surface area contributed by atoms with Crippen molar-refractivity contribution in [2.45, 2.75) is 65.1 Å². The molecule has 1 N–H and O–H groups in total. The minimum absolute atomic E-state index is 0.155. The number of nitrogens with zero attached hydrogens (tertiary/aromatic N) is 2. The fraction of sp³-hybridized carbons (Fsp3) is 0.750. The highest BCUT2D eigenvalue weighted by atomic mass is 16.6. The number of nitrogens with one attached hydrogen (secondary N) is 1. The topological polar surface area (TPSA) is 142 Å². The molecule has 0 heterocycles. The molecule has 198 valence electrons. The molecule has 0 rings (SSSR count). The molecule has 1 amide bonds. The maximum atomic E-state index is 11.9. The van der Waals surface area contributed by atoms with Crippen molar-refractivity contribution in [3.05, 3.63) is 12.2 Å². The number of ether oxygens (including phenoxy) is 4. The van der Waals surface area contributed by atoms with Crippen molar-refractivity contribution in [1.29, 1.82) is 0 Å². The van der Waals surface area contributed by atoms with Gasteiger partial charge in [0.2, 0.25) is 12.2 Å². The number of hydrogen-bond donors (Lipinski definition) is 1. The van der Waals surface area contributed by atoms with Crippen LogP contribution in [0.3, 0.4) is 0 Å². The van der Waals surface area contributed by atoms with E-state index in [2.05, 4.69) is 21.9 Å². The van der Waals surface area contributed by atoms with Crippen LogP contribution in [0.4, 0.5) is 4.79 Å². The number of amides is 1. The molecule has 0 aromatic heterocycles. The van der Waals surface area contributed by atoms with E-state index < -0.39 is 18.2 Å². The zero-order chi connectivity index (χ0) is 26.3. The van der Waals surface area contributed by atoms with E-state index in [4.69, 9.17) is 18.9 Å². The number of alkyl carbamates (subject to hydrolysis) is 1. The first-order chi connectivity index (χ1) is 16.8. The lowest BCUT2D eigenvalue weighted by Crippen LogP contribution is -2.31. The second kappa shape index (κ2) is 21.7. The van der Waals surface area contributed by atoms with Gasteiger partial charge in [0.25, 0.3) is 0 Å². The molecule has 0 aliphatic heterocycles. The highest BCUT2D eigenvalue weighted by Gasteiger charge is 2.12. The summed E-state index contributed by atoms with van der Waals surface area (Å²) in [6.45, 7) is 11.2. The minimum Gasteiger partial charge on any atom is -0.457 e. The summed E-state index contributed by atoms with van der Waals surface area (Å²) in [5.74, 6) is -0.281. The van der Waals surface area contributed by atoms with Crippen LogP contribution in [0.5, 0.6) is 0 Å². The molecule has 0 bridgehead atoms. The predicted octanol–water partition coefficient (Wildman–Crippen LogP) is 2.88. The van der Waals surface area contributed by atoms with Gasteiger partial charge in [-0.15, -0.1) is 0 Å². The molecular weight excluding hydrogens is 458 g/mol. The third-order valence-electron chi connectivity index (χ3n) is 4.67. The van der Waals surface area contributed by atoms with Crippen LogP contribution in [0.2, 0.25) is 0 Å². The first-order valence-electron chi connectivity index (χ1n) is 11.8. The summed E-state index contributed by atoms with van der Waals surface area (Å²) in [5.41, 5.74) is 0.347. The zero-order valence-electron chi connectivity index (χ0n) is 21.1. The fourth-order valence-electron chi connectivity index (χ4n) is 2.92. The van der Waals surface area contributed by atoms with Crippen molar-refractivity contribution in [1.82, 2.24) is 5.32 Å².